The molecule has 0 aliphatic rings. The van der Waals surface area contributed by atoms with Gasteiger partial charge in [-0.1, -0.05) is 11.8 Å². The van der Waals surface area contributed by atoms with E-state index in [4.69, 9.17) is 5.26 Å². The molecule has 0 bridgehead atoms. The number of aromatic amines is 1. The summed E-state index contributed by atoms with van der Waals surface area (Å²) in [5, 5.41) is 15.3. The lowest BCUT2D eigenvalue weighted by molar-refractivity contribution is 0.534. The molecule has 5 nitrogen and oxygen atoms in total. The Kier molecular flexibility index (Phi) is 3.77. The Morgan fingerprint density at radius 1 is 1.71 bits per heavy atom. The molecule has 0 aliphatic heterocycles. The van der Waals surface area contributed by atoms with E-state index >= 15 is 0 Å². The summed E-state index contributed by atoms with van der Waals surface area (Å²) in [6, 6.07) is 2.14. The number of thioether (sulfide) groups is 1. The van der Waals surface area contributed by atoms with Crippen molar-refractivity contribution in [1.82, 2.24) is 14.8 Å². The third-order valence-corrected chi connectivity index (χ3v) is 2.59. The van der Waals surface area contributed by atoms with E-state index in [0.29, 0.717) is 17.3 Å². The SMILES string of the molecule is CC(C)n1c(SCCC#N)n[nH]c1=O. The molecule has 76 valence electrons. The maximum atomic E-state index is 11.3. The predicted molar refractivity (Wildman–Crippen MR) is 54.2 cm³/mol. The van der Waals surface area contributed by atoms with Crippen LogP contribution in [0.5, 0.6) is 0 Å². The summed E-state index contributed by atoms with van der Waals surface area (Å²) >= 11 is 1.42. The molecule has 0 amide bonds. The molecule has 0 fully saturated rings. The summed E-state index contributed by atoms with van der Waals surface area (Å²) < 4.78 is 1.59. The van der Waals surface area contributed by atoms with Crippen LogP contribution >= 0.6 is 11.8 Å². The molecule has 0 atom stereocenters. The molecule has 0 aliphatic carbocycles. The molecule has 6 heteroatoms. The minimum Gasteiger partial charge on any atom is -0.268 e. The lowest BCUT2D eigenvalue weighted by Gasteiger charge is -2.07. The van der Waals surface area contributed by atoms with E-state index in [-0.39, 0.29) is 11.7 Å². The van der Waals surface area contributed by atoms with Gasteiger partial charge < -0.3 is 0 Å². The highest BCUT2D eigenvalue weighted by Gasteiger charge is 2.10. The number of hydrogen-bond acceptors (Lipinski definition) is 4. The highest BCUT2D eigenvalue weighted by molar-refractivity contribution is 7.99. The number of nitrogens with one attached hydrogen (secondary N) is 1. The lowest BCUT2D eigenvalue weighted by Crippen LogP contribution is -2.19. The summed E-state index contributed by atoms with van der Waals surface area (Å²) in [6.45, 7) is 3.84. The van der Waals surface area contributed by atoms with Gasteiger partial charge in [-0.3, -0.25) is 4.57 Å². The van der Waals surface area contributed by atoms with Crippen molar-refractivity contribution in [3.8, 4) is 6.07 Å². The molecular formula is C8H12N4OS. The second-order valence-electron chi connectivity index (χ2n) is 3.03. The first-order chi connectivity index (χ1) is 6.66. The highest BCUT2D eigenvalue weighted by Crippen LogP contribution is 2.16. The van der Waals surface area contributed by atoms with Crippen LogP contribution in [-0.4, -0.2) is 20.5 Å². The van der Waals surface area contributed by atoms with E-state index in [9.17, 15) is 4.79 Å². The van der Waals surface area contributed by atoms with Crippen molar-refractivity contribution in [2.24, 2.45) is 0 Å². The van der Waals surface area contributed by atoms with Crippen LogP contribution in [0.2, 0.25) is 0 Å². The third-order valence-electron chi connectivity index (χ3n) is 1.63. The van der Waals surface area contributed by atoms with Crippen LogP contribution in [0.1, 0.15) is 26.3 Å². The summed E-state index contributed by atoms with van der Waals surface area (Å²) in [5.41, 5.74) is -0.195. The second-order valence-corrected chi connectivity index (χ2v) is 4.09. The van der Waals surface area contributed by atoms with Gasteiger partial charge in [0.05, 0.1) is 6.07 Å². The number of aromatic nitrogens is 3. The third kappa shape index (κ3) is 2.39. The van der Waals surface area contributed by atoms with Crippen molar-refractivity contribution >= 4 is 11.8 Å². The van der Waals surface area contributed by atoms with Crippen molar-refractivity contribution < 1.29 is 0 Å². The summed E-state index contributed by atoms with van der Waals surface area (Å²) in [6.07, 6.45) is 0.462. The Morgan fingerprint density at radius 2 is 2.43 bits per heavy atom. The average molecular weight is 212 g/mol. The Morgan fingerprint density at radius 3 is 3.00 bits per heavy atom. The fourth-order valence-electron chi connectivity index (χ4n) is 1.04. The normalized spacial score (nSPS) is 10.4. The molecule has 0 unspecified atom stereocenters. The first kappa shape index (κ1) is 10.9. The van der Waals surface area contributed by atoms with Gasteiger partial charge in [0.15, 0.2) is 5.16 Å². The van der Waals surface area contributed by atoms with Crippen molar-refractivity contribution in [3.63, 3.8) is 0 Å². The van der Waals surface area contributed by atoms with E-state index in [2.05, 4.69) is 10.2 Å². The van der Waals surface area contributed by atoms with E-state index in [1.54, 1.807) is 4.57 Å². The number of rotatable bonds is 4. The van der Waals surface area contributed by atoms with Crippen molar-refractivity contribution in [2.75, 3.05) is 5.75 Å². The van der Waals surface area contributed by atoms with Gasteiger partial charge in [-0.25, -0.2) is 9.89 Å². The zero-order chi connectivity index (χ0) is 10.6. The second kappa shape index (κ2) is 4.86. The highest BCUT2D eigenvalue weighted by atomic mass is 32.2. The first-order valence-corrected chi connectivity index (χ1v) is 5.32. The van der Waals surface area contributed by atoms with Crippen molar-refractivity contribution in [2.45, 2.75) is 31.5 Å². The topological polar surface area (TPSA) is 74.5 Å². The molecule has 0 saturated carbocycles. The monoisotopic (exact) mass is 212 g/mol. The van der Waals surface area contributed by atoms with Crippen LogP contribution in [0.15, 0.2) is 9.95 Å². The molecule has 1 rings (SSSR count). The van der Waals surface area contributed by atoms with Crippen LogP contribution < -0.4 is 5.69 Å². The molecule has 1 aromatic heterocycles. The van der Waals surface area contributed by atoms with Gasteiger partial charge in [-0.2, -0.15) is 5.26 Å². The van der Waals surface area contributed by atoms with Crippen LogP contribution in [0.3, 0.4) is 0 Å². The maximum absolute atomic E-state index is 11.3. The summed E-state index contributed by atoms with van der Waals surface area (Å²) in [5.74, 6) is 0.660. The zero-order valence-corrected chi connectivity index (χ0v) is 8.97. The minimum absolute atomic E-state index is 0.0887. The molecule has 0 aromatic carbocycles. The molecule has 0 radical (unpaired) electrons. The minimum atomic E-state index is -0.195. The zero-order valence-electron chi connectivity index (χ0n) is 8.15. The average Bonchev–Trinajstić information content (AvgIpc) is 2.47. The van der Waals surface area contributed by atoms with E-state index in [0.717, 1.165) is 0 Å². The Balaban J connectivity index is 2.77. The van der Waals surface area contributed by atoms with E-state index in [1.165, 1.54) is 11.8 Å². The Hall–Kier alpha value is -1.22. The lowest BCUT2D eigenvalue weighted by atomic mass is 10.4. The van der Waals surface area contributed by atoms with Gasteiger partial charge in [-0.05, 0) is 13.8 Å². The Bertz CT molecular complexity index is 387. The molecular weight excluding hydrogens is 200 g/mol. The maximum Gasteiger partial charge on any atom is 0.344 e. The van der Waals surface area contributed by atoms with Crippen molar-refractivity contribution in [1.29, 1.82) is 5.26 Å². The van der Waals surface area contributed by atoms with Gasteiger partial charge in [0.2, 0.25) is 0 Å². The fraction of sp³-hybridized carbons (Fsp3) is 0.625. The van der Waals surface area contributed by atoms with Crippen molar-refractivity contribution in [3.05, 3.63) is 10.5 Å². The van der Waals surface area contributed by atoms with Crippen LogP contribution in [-0.2, 0) is 0 Å². The summed E-state index contributed by atoms with van der Waals surface area (Å²) in [7, 11) is 0. The van der Waals surface area contributed by atoms with Crippen LogP contribution in [0.25, 0.3) is 0 Å². The summed E-state index contributed by atoms with van der Waals surface area (Å²) in [4.78, 5) is 11.3. The van der Waals surface area contributed by atoms with Gasteiger partial charge in [0, 0.05) is 18.2 Å². The molecule has 0 spiro atoms. The van der Waals surface area contributed by atoms with Gasteiger partial charge in [-0.15, -0.1) is 5.10 Å². The molecule has 14 heavy (non-hydrogen) atoms. The number of H-pyrrole nitrogens is 1. The number of nitrogens with zero attached hydrogens (tertiary/aromatic N) is 3. The molecule has 0 saturated heterocycles. The smallest absolute Gasteiger partial charge is 0.268 e. The number of nitriles is 1. The molecule has 1 aromatic rings. The van der Waals surface area contributed by atoms with Crippen LogP contribution in [0.4, 0.5) is 0 Å². The fourth-order valence-corrected chi connectivity index (χ4v) is 1.95. The standard InChI is InChI=1S/C8H12N4OS/c1-6(2)12-7(13)10-11-8(12)14-5-3-4-9/h6H,3,5H2,1-2H3,(H,10,13). The molecule has 1 heterocycles. The first-order valence-electron chi connectivity index (χ1n) is 4.33. The van der Waals surface area contributed by atoms with Gasteiger partial charge in [0.1, 0.15) is 0 Å². The van der Waals surface area contributed by atoms with Crippen LogP contribution in [0, 0.1) is 11.3 Å². The van der Waals surface area contributed by atoms with Gasteiger partial charge in [0.25, 0.3) is 0 Å². The largest absolute Gasteiger partial charge is 0.344 e. The van der Waals surface area contributed by atoms with Gasteiger partial charge >= 0.3 is 5.69 Å². The quantitative estimate of drug-likeness (QED) is 0.600. The molecule has 1 N–H and O–H groups in total. The van der Waals surface area contributed by atoms with E-state index in [1.807, 2.05) is 19.9 Å². The number of hydrogen-bond donors (Lipinski definition) is 1. The predicted octanol–water partition coefficient (Wildman–Crippen LogP) is 1.16. The van der Waals surface area contributed by atoms with E-state index < -0.39 is 0 Å². The Labute approximate surface area is 86.1 Å².